The van der Waals surface area contributed by atoms with Gasteiger partial charge in [-0.15, -0.1) is 0 Å². The van der Waals surface area contributed by atoms with Gasteiger partial charge in [0.15, 0.2) is 5.13 Å². The summed E-state index contributed by atoms with van der Waals surface area (Å²) in [5.41, 5.74) is 5.02. The first-order chi connectivity index (χ1) is 15.0. The van der Waals surface area contributed by atoms with Crippen LogP contribution in [-0.4, -0.2) is 18.0 Å². The van der Waals surface area contributed by atoms with Crippen LogP contribution in [0.25, 0.3) is 10.2 Å². The van der Waals surface area contributed by atoms with E-state index in [0.717, 1.165) is 21.4 Å². The zero-order valence-electron chi connectivity index (χ0n) is 17.7. The molecule has 0 bridgehead atoms. The molecule has 0 fully saturated rings. The van der Waals surface area contributed by atoms with E-state index >= 15 is 0 Å². The minimum Gasteiger partial charge on any atom is -0.494 e. The van der Waals surface area contributed by atoms with E-state index in [2.05, 4.69) is 13.0 Å². The van der Waals surface area contributed by atoms with Gasteiger partial charge in [0.25, 0.3) is 0 Å². The molecule has 3 aromatic carbocycles. The molecule has 1 heterocycles. The topological polar surface area (TPSA) is 42.4 Å². The number of thiazole rings is 1. The van der Waals surface area contributed by atoms with Crippen molar-refractivity contribution in [1.82, 2.24) is 4.98 Å². The molecule has 0 saturated heterocycles. The Bertz CT molecular complexity index is 1240. The van der Waals surface area contributed by atoms with Crippen molar-refractivity contribution in [3.8, 4) is 5.75 Å². The Labute approximate surface area is 191 Å². The third-order valence-corrected chi connectivity index (χ3v) is 6.76. The predicted molar refractivity (Wildman–Crippen MR) is 128 cm³/mol. The quantitative estimate of drug-likeness (QED) is 0.343. The monoisotopic (exact) mass is 450 g/mol. The summed E-state index contributed by atoms with van der Waals surface area (Å²) in [6.45, 7) is 4.53. The number of nitrogens with zero attached hydrogens (tertiary/aromatic N) is 2. The van der Waals surface area contributed by atoms with Gasteiger partial charge in [-0.2, -0.15) is 0 Å². The maximum atomic E-state index is 13.5. The van der Waals surface area contributed by atoms with E-state index in [1.165, 1.54) is 16.9 Å². The Morgan fingerprint density at radius 1 is 1.10 bits per heavy atom. The summed E-state index contributed by atoms with van der Waals surface area (Å²) < 4.78 is 6.27. The van der Waals surface area contributed by atoms with Gasteiger partial charge < -0.3 is 4.74 Å². The van der Waals surface area contributed by atoms with Gasteiger partial charge in [-0.05, 0) is 42.7 Å². The van der Waals surface area contributed by atoms with Crippen LogP contribution in [0.3, 0.4) is 0 Å². The summed E-state index contributed by atoms with van der Waals surface area (Å²) in [4.78, 5) is 20.0. The largest absolute Gasteiger partial charge is 0.494 e. The van der Waals surface area contributed by atoms with Gasteiger partial charge in [-0.1, -0.05) is 77.0 Å². The number of halogens is 1. The SMILES string of the molecule is COc1ccc(Cl)c2sc(N(Cc3ccccc3)C(=O)Cc3ccc(C)cc3C)nc12. The summed E-state index contributed by atoms with van der Waals surface area (Å²) in [6.07, 6.45) is 0.305. The first-order valence-electron chi connectivity index (χ1n) is 9.99. The molecule has 0 N–H and O–H groups in total. The van der Waals surface area contributed by atoms with Gasteiger partial charge in [0.2, 0.25) is 5.91 Å². The van der Waals surface area contributed by atoms with Crippen molar-refractivity contribution in [2.75, 3.05) is 12.0 Å². The molecule has 4 aromatic rings. The number of benzene rings is 3. The number of aryl methyl sites for hydroxylation is 2. The zero-order chi connectivity index (χ0) is 22.0. The molecule has 0 saturated carbocycles. The highest BCUT2D eigenvalue weighted by molar-refractivity contribution is 7.23. The summed E-state index contributed by atoms with van der Waals surface area (Å²) in [6, 6.07) is 19.7. The van der Waals surface area contributed by atoms with Crippen LogP contribution in [0, 0.1) is 13.8 Å². The highest BCUT2D eigenvalue weighted by atomic mass is 35.5. The summed E-state index contributed by atoms with van der Waals surface area (Å²) in [5, 5.41) is 1.21. The van der Waals surface area contributed by atoms with Crippen LogP contribution in [0.2, 0.25) is 5.02 Å². The van der Waals surface area contributed by atoms with E-state index in [-0.39, 0.29) is 5.91 Å². The van der Waals surface area contributed by atoms with Gasteiger partial charge >= 0.3 is 0 Å². The minimum absolute atomic E-state index is 0.00930. The first kappa shape index (κ1) is 21.3. The Morgan fingerprint density at radius 2 is 1.87 bits per heavy atom. The molecule has 0 aliphatic rings. The number of rotatable bonds is 6. The average Bonchev–Trinajstić information content (AvgIpc) is 3.21. The molecule has 0 aliphatic heterocycles. The number of carbonyl (C=O) groups is 1. The number of aromatic nitrogens is 1. The number of carbonyl (C=O) groups excluding carboxylic acids is 1. The first-order valence-corrected chi connectivity index (χ1v) is 11.2. The van der Waals surface area contributed by atoms with Crippen LogP contribution in [0.4, 0.5) is 5.13 Å². The van der Waals surface area contributed by atoms with E-state index < -0.39 is 0 Å². The van der Waals surface area contributed by atoms with Crippen molar-refractivity contribution >= 4 is 44.2 Å². The number of hydrogen-bond acceptors (Lipinski definition) is 4. The third kappa shape index (κ3) is 4.58. The van der Waals surface area contributed by atoms with Crippen molar-refractivity contribution in [1.29, 1.82) is 0 Å². The second-order valence-electron chi connectivity index (χ2n) is 7.50. The summed E-state index contributed by atoms with van der Waals surface area (Å²) in [5.74, 6) is 0.633. The molecule has 158 valence electrons. The smallest absolute Gasteiger partial charge is 0.233 e. The fourth-order valence-corrected chi connectivity index (χ4v) is 4.83. The minimum atomic E-state index is -0.00930. The molecule has 6 heteroatoms. The molecule has 1 aromatic heterocycles. The van der Waals surface area contributed by atoms with Crippen molar-refractivity contribution in [3.05, 3.63) is 87.9 Å². The van der Waals surface area contributed by atoms with Crippen LogP contribution >= 0.6 is 22.9 Å². The van der Waals surface area contributed by atoms with Crippen LogP contribution in [0.5, 0.6) is 5.75 Å². The van der Waals surface area contributed by atoms with Gasteiger partial charge in [0, 0.05) is 0 Å². The van der Waals surface area contributed by atoms with Crippen LogP contribution in [-0.2, 0) is 17.8 Å². The zero-order valence-corrected chi connectivity index (χ0v) is 19.3. The second-order valence-corrected chi connectivity index (χ2v) is 8.88. The number of hydrogen-bond donors (Lipinski definition) is 0. The third-order valence-electron chi connectivity index (χ3n) is 5.22. The van der Waals surface area contributed by atoms with E-state index in [1.54, 1.807) is 24.1 Å². The Morgan fingerprint density at radius 3 is 2.58 bits per heavy atom. The van der Waals surface area contributed by atoms with Crippen molar-refractivity contribution in [2.24, 2.45) is 0 Å². The molecular weight excluding hydrogens is 428 g/mol. The number of ether oxygens (including phenoxy) is 1. The molecule has 0 unspecified atom stereocenters. The number of fused-ring (bicyclic) bond motifs is 1. The van der Waals surface area contributed by atoms with E-state index in [9.17, 15) is 4.79 Å². The lowest BCUT2D eigenvalue weighted by Crippen LogP contribution is -2.31. The Hall–Kier alpha value is -2.89. The fraction of sp³-hybridized carbons (Fsp3) is 0.200. The highest BCUT2D eigenvalue weighted by Gasteiger charge is 2.23. The van der Waals surface area contributed by atoms with Gasteiger partial charge in [-0.3, -0.25) is 9.69 Å². The van der Waals surface area contributed by atoms with E-state index in [4.69, 9.17) is 21.3 Å². The normalized spacial score (nSPS) is 11.0. The maximum absolute atomic E-state index is 13.5. The van der Waals surface area contributed by atoms with Crippen LogP contribution in [0.15, 0.2) is 60.7 Å². The Balaban J connectivity index is 1.74. The lowest BCUT2D eigenvalue weighted by Gasteiger charge is -2.21. The molecule has 1 amide bonds. The predicted octanol–water partition coefficient (Wildman–Crippen LogP) is 6.35. The molecule has 0 spiro atoms. The Kier molecular flexibility index (Phi) is 6.25. The van der Waals surface area contributed by atoms with Gasteiger partial charge in [-0.25, -0.2) is 4.98 Å². The summed E-state index contributed by atoms with van der Waals surface area (Å²) >= 11 is 7.83. The van der Waals surface area contributed by atoms with Gasteiger partial charge in [0.1, 0.15) is 11.3 Å². The second kappa shape index (κ2) is 9.08. The maximum Gasteiger partial charge on any atom is 0.233 e. The molecule has 0 radical (unpaired) electrons. The van der Waals surface area contributed by atoms with Crippen molar-refractivity contribution in [3.63, 3.8) is 0 Å². The van der Waals surface area contributed by atoms with Gasteiger partial charge in [0.05, 0.1) is 29.8 Å². The molecule has 4 nitrogen and oxygen atoms in total. The average molecular weight is 451 g/mol. The summed E-state index contributed by atoms with van der Waals surface area (Å²) in [7, 11) is 1.61. The highest BCUT2D eigenvalue weighted by Crippen LogP contribution is 2.39. The number of amides is 1. The lowest BCUT2D eigenvalue weighted by molar-refractivity contribution is -0.118. The number of methoxy groups -OCH3 is 1. The molecule has 4 rings (SSSR count). The lowest BCUT2D eigenvalue weighted by atomic mass is 10.0. The van der Waals surface area contributed by atoms with Crippen LogP contribution in [0.1, 0.15) is 22.3 Å². The molecule has 0 aliphatic carbocycles. The number of anilines is 1. The van der Waals surface area contributed by atoms with E-state index in [1.807, 2.05) is 49.4 Å². The van der Waals surface area contributed by atoms with Crippen molar-refractivity contribution in [2.45, 2.75) is 26.8 Å². The molecular formula is C25H23ClN2O2S. The van der Waals surface area contributed by atoms with E-state index in [0.29, 0.717) is 34.4 Å². The van der Waals surface area contributed by atoms with Crippen molar-refractivity contribution < 1.29 is 9.53 Å². The molecule has 0 atom stereocenters. The fourth-order valence-electron chi connectivity index (χ4n) is 3.55. The molecule has 31 heavy (non-hydrogen) atoms. The standard InChI is InChI=1S/C25H23ClN2O2S/c1-16-9-10-19(17(2)13-16)14-22(29)28(15-18-7-5-4-6-8-18)25-27-23-21(30-3)12-11-20(26)24(23)31-25/h4-13H,14-15H2,1-3H3. The van der Waals surface area contributed by atoms with Crippen LogP contribution < -0.4 is 9.64 Å².